The van der Waals surface area contributed by atoms with Crippen molar-refractivity contribution in [1.82, 2.24) is 9.88 Å². The molecule has 0 radical (unpaired) electrons. The van der Waals surface area contributed by atoms with E-state index in [1.54, 1.807) is 23.4 Å². The second-order valence-corrected chi connectivity index (χ2v) is 6.38. The van der Waals surface area contributed by atoms with Crippen LogP contribution in [0.3, 0.4) is 0 Å². The third-order valence-electron chi connectivity index (χ3n) is 4.17. The average Bonchev–Trinajstić information content (AvgIpc) is 3.15. The summed E-state index contributed by atoms with van der Waals surface area (Å²) in [5, 5.41) is 2.70. The first-order valence-electron chi connectivity index (χ1n) is 8.81. The van der Waals surface area contributed by atoms with Gasteiger partial charge in [-0.05, 0) is 48.7 Å². The summed E-state index contributed by atoms with van der Waals surface area (Å²) < 4.78 is 46.2. The Hall–Kier alpha value is -2.81. The van der Waals surface area contributed by atoms with Gasteiger partial charge in [-0.25, -0.2) is 4.79 Å². The Morgan fingerprint density at radius 2 is 2.07 bits per heavy atom. The van der Waals surface area contributed by atoms with Gasteiger partial charge in [0.2, 0.25) is 0 Å². The van der Waals surface area contributed by atoms with Crippen molar-refractivity contribution in [2.45, 2.75) is 31.9 Å². The minimum absolute atomic E-state index is 0.0371. The zero-order chi connectivity index (χ0) is 20.0. The molecule has 1 aliphatic rings. The molecule has 2 aromatic rings. The number of pyridine rings is 1. The average molecular weight is 395 g/mol. The van der Waals surface area contributed by atoms with Gasteiger partial charge in [0, 0.05) is 37.8 Å². The molecule has 9 heteroatoms. The van der Waals surface area contributed by atoms with Crippen molar-refractivity contribution in [1.29, 1.82) is 0 Å². The Morgan fingerprint density at radius 1 is 1.29 bits per heavy atom. The molecule has 1 aromatic carbocycles. The lowest BCUT2D eigenvalue weighted by molar-refractivity contribution is -0.274. The highest BCUT2D eigenvalue weighted by Gasteiger charge is 2.31. The van der Waals surface area contributed by atoms with E-state index in [-0.39, 0.29) is 17.9 Å². The number of carbonyl (C=O) groups is 1. The van der Waals surface area contributed by atoms with E-state index in [1.807, 2.05) is 6.07 Å². The molecule has 150 valence electrons. The minimum Gasteiger partial charge on any atom is -0.406 e. The molecule has 1 fully saturated rings. The number of hydrogen-bond acceptors (Lipinski definition) is 4. The van der Waals surface area contributed by atoms with Gasteiger partial charge in [0.25, 0.3) is 0 Å². The molecule has 0 spiro atoms. The predicted molar refractivity (Wildman–Crippen MR) is 95.8 cm³/mol. The SMILES string of the molecule is O=C(Nc1ccc(OC(F)(F)F)cc1)N(Cc1cccnc1)CC1CCCO1. The molecule has 0 aliphatic carbocycles. The summed E-state index contributed by atoms with van der Waals surface area (Å²) in [6.07, 6.45) is 0.364. The van der Waals surface area contributed by atoms with Crippen molar-refractivity contribution in [2.75, 3.05) is 18.5 Å². The number of urea groups is 1. The van der Waals surface area contributed by atoms with Gasteiger partial charge in [0.05, 0.1) is 6.10 Å². The van der Waals surface area contributed by atoms with Gasteiger partial charge < -0.3 is 19.7 Å². The van der Waals surface area contributed by atoms with Crippen LogP contribution in [0.5, 0.6) is 5.75 Å². The highest BCUT2D eigenvalue weighted by molar-refractivity contribution is 5.89. The third kappa shape index (κ3) is 6.12. The third-order valence-corrected chi connectivity index (χ3v) is 4.17. The fraction of sp³-hybridized carbons (Fsp3) is 0.368. The summed E-state index contributed by atoms with van der Waals surface area (Å²) in [7, 11) is 0. The Labute approximate surface area is 160 Å². The van der Waals surface area contributed by atoms with Crippen molar-refractivity contribution in [2.24, 2.45) is 0 Å². The molecule has 1 saturated heterocycles. The summed E-state index contributed by atoms with van der Waals surface area (Å²) in [4.78, 5) is 18.4. The minimum atomic E-state index is -4.76. The number of hydrogen-bond donors (Lipinski definition) is 1. The van der Waals surface area contributed by atoms with Crippen LogP contribution in [0.1, 0.15) is 18.4 Å². The van der Waals surface area contributed by atoms with E-state index in [0.29, 0.717) is 25.4 Å². The molecule has 3 rings (SSSR count). The van der Waals surface area contributed by atoms with Crippen LogP contribution in [0, 0.1) is 0 Å². The number of benzene rings is 1. The van der Waals surface area contributed by atoms with Crippen molar-refractivity contribution in [3.63, 3.8) is 0 Å². The summed E-state index contributed by atoms with van der Waals surface area (Å²) in [6, 6.07) is 8.29. The summed E-state index contributed by atoms with van der Waals surface area (Å²) in [6.45, 7) is 1.43. The van der Waals surface area contributed by atoms with Gasteiger partial charge in [-0.3, -0.25) is 4.98 Å². The number of carbonyl (C=O) groups excluding carboxylic acids is 1. The smallest absolute Gasteiger partial charge is 0.406 e. The first-order chi connectivity index (χ1) is 13.4. The van der Waals surface area contributed by atoms with Crippen LogP contribution >= 0.6 is 0 Å². The van der Waals surface area contributed by atoms with E-state index >= 15 is 0 Å². The van der Waals surface area contributed by atoms with Gasteiger partial charge in [-0.15, -0.1) is 13.2 Å². The second kappa shape index (κ2) is 8.92. The topological polar surface area (TPSA) is 63.7 Å². The molecule has 1 aliphatic heterocycles. The van der Waals surface area contributed by atoms with E-state index in [0.717, 1.165) is 30.5 Å². The lowest BCUT2D eigenvalue weighted by atomic mass is 10.2. The molecule has 0 saturated carbocycles. The standard InChI is InChI=1S/C19H20F3N3O3/c20-19(21,22)28-16-7-5-15(6-8-16)24-18(26)25(13-17-4-2-10-27-17)12-14-3-1-9-23-11-14/h1,3,5-9,11,17H,2,4,10,12-13H2,(H,24,26). The number of amides is 2. The van der Waals surface area contributed by atoms with Crippen LogP contribution in [0.4, 0.5) is 23.7 Å². The second-order valence-electron chi connectivity index (χ2n) is 6.38. The summed E-state index contributed by atoms with van der Waals surface area (Å²) >= 11 is 0. The monoisotopic (exact) mass is 395 g/mol. The van der Waals surface area contributed by atoms with Gasteiger partial charge in [0.15, 0.2) is 0 Å². The largest absolute Gasteiger partial charge is 0.573 e. The van der Waals surface area contributed by atoms with Crippen LogP contribution in [0.25, 0.3) is 0 Å². The van der Waals surface area contributed by atoms with Crippen LogP contribution < -0.4 is 10.1 Å². The quantitative estimate of drug-likeness (QED) is 0.797. The first-order valence-corrected chi connectivity index (χ1v) is 8.81. The van der Waals surface area contributed by atoms with Crippen molar-refractivity contribution in [3.05, 3.63) is 54.4 Å². The van der Waals surface area contributed by atoms with Crippen LogP contribution in [0.15, 0.2) is 48.8 Å². The highest BCUT2D eigenvalue weighted by atomic mass is 19.4. The maximum atomic E-state index is 12.7. The molecular weight excluding hydrogens is 375 g/mol. The van der Waals surface area contributed by atoms with Gasteiger partial charge in [-0.1, -0.05) is 6.07 Å². The van der Waals surface area contributed by atoms with E-state index in [2.05, 4.69) is 15.0 Å². The molecular formula is C19H20F3N3O3. The van der Waals surface area contributed by atoms with Gasteiger partial charge >= 0.3 is 12.4 Å². The fourth-order valence-electron chi connectivity index (χ4n) is 2.91. The van der Waals surface area contributed by atoms with E-state index in [4.69, 9.17) is 4.74 Å². The Morgan fingerprint density at radius 3 is 2.68 bits per heavy atom. The number of anilines is 1. The van der Waals surface area contributed by atoms with Crippen molar-refractivity contribution in [3.8, 4) is 5.75 Å². The molecule has 2 amide bonds. The Bertz CT molecular complexity index is 763. The Balaban J connectivity index is 1.66. The number of alkyl halides is 3. The van der Waals surface area contributed by atoms with Crippen LogP contribution in [0.2, 0.25) is 0 Å². The maximum absolute atomic E-state index is 12.7. The number of nitrogens with one attached hydrogen (secondary N) is 1. The summed E-state index contributed by atoms with van der Waals surface area (Å²) in [5.41, 5.74) is 1.23. The molecule has 1 N–H and O–H groups in total. The highest BCUT2D eigenvalue weighted by Crippen LogP contribution is 2.24. The summed E-state index contributed by atoms with van der Waals surface area (Å²) in [5.74, 6) is -0.350. The molecule has 1 unspecified atom stereocenters. The zero-order valence-corrected chi connectivity index (χ0v) is 15.0. The zero-order valence-electron chi connectivity index (χ0n) is 15.0. The first kappa shape index (κ1) is 19.9. The van der Waals surface area contributed by atoms with Crippen molar-refractivity contribution < 1.29 is 27.4 Å². The number of rotatable bonds is 6. The van der Waals surface area contributed by atoms with E-state index in [1.165, 1.54) is 12.1 Å². The maximum Gasteiger partial charge on any atom is 0.573 e. The van der Waals surface area contributed by atoms with E-state index in [9.17, 15) is 18.0 Å². The number of halogens is 3. The van der Waals surface area contributed by atoms with Crippen LogP contribution in [-0.2, 0) is 11.3 Å². The molecule has 6 nitrogen and oxygen atoms in total. The van der Waals surface area contributed by atoms with Gasteiger partial charge in [-0.2, -0.15) is 0 Å². The molecule has 1 aromatic heterocycles. The van der Waals surface area contributed by atoms with Crippen molar-refractivity contribution >= 4 is 11.7 Å². The molecule has 28 heavy (non-hydrogen) atoms. The number of ether oxygens (including phenoxy) is 2. The van der Waals surface area contributed by atoms with E-state index < -0.39 is 6.36 Å². The normalized spacial score (nSPS) is 16.6. The lowest BCUT2D eigenvalue weighted by Crippen LogP contribution is -2.39. The number of nitrogens with zero attached hydrogens (tertiary/aromatic N) is 2. The Kier molecular flexibility index (Phi) is 6.35. The van der Waals surface area contributed by atoms with Crippen LogP contribution in [-0.4, -0.2) is 41.5 Å². The fourth-order valence-corrected chi connectivity index (χ4v) is 2.91. The lowest BCUT2D eigenvalue weighted by Gasteiger charge is -2.26. The van der Waals surface area contributed by atoms with Gasteiger partial charge in [0.1, 0.15) is 5.75 Å². The molecule has 1 atom stereocenters. The predicted octanol–water partition coefficient (Wildman–Crippen LogP) is 4.19. The molecule has 2 heterocycles. The number of aromatic nitrogens is 1. The molecule has 0 bridgehead atoms.